The molecule has 0 bridgehead atoms. The Morgan fingerprint density at radius 2 is 2.08 bits per heavy atom. The van der Waals surface area contributed by atoms with Crippen molar-refractivity contribution < 1.29 is 0 Å². The molecule has 1 heterocycles. The Morgan fingerprint density at radius 1 is 1.15 bits per heavy atom. The van der Waals surface area contributed by atoms with E-state index < -0.39 is 0 Å². The summed E-state index contributed by atoms with van der Waals surface area (Å²) in [6.45, 7) is 0. The molecule has 13 heavy (non-hydrogen) atoms. The second-order valence-electron chi connectivity index (χ2n) is 3.42. The third-order valence-electron chi connectivity index (χ3n) is 2.64. The lowest BCUT2D eigenvalue weighted by Gasteiger charge is -2.01. The molecule has 1 aromatic carbocycles. The lowest BCUT2D eigenvalue weighted by molar-refractivity contribution is 1.25. The zero-order valence-electron chi connectivity index (χ0n) is 7.25. The van der Waals surface area contributed by atoms with Gasteiger partial charge in [0.25, 0.3) is 0 Å². The van der Waals surface area contributed by atoms with Crippen molar-refractivity contribution in [3.05, 3.63) is 52.7 Å². The zero-order valence-corrected chi connectivity index (χ0v) is 8.25. The Balaban J connectivity index is 2.24. The van der Waals surface area contributed by atoms with Gasteiger partial charge in [-0.15, -0.1) is 0 Å². The van der Waals surface area contributed by atoms with Crippen LogP contribution in [0.3, 0.4) is 0 Å². The first-order valence-electron chi connectivity index (χ1n) is 4.52. The van der Waals surface area contributed by atoms with Crippen LogP contribution in [0, 0.1) is 0 Å². The molecule has 61 valence electrons. The Hall–Kier alpha value is -1.21. The lowest BCUT2D eigenvalue weighted by Crippen LogP contribution is -1.92. The maximum absolute atomic E-state index is 2.36. The monoisotopic (exact) mass is 181 g/mol. The van der Waals surface area contributed by atoms with Crippen molar-refractivity contribution >= 4 is 20.4 Å². The largest absolute Gasteiger partial charge is 0.0769 e. The Kier molecular flexibility index (Phi) is 1.46. The molecule has 0 N–H and O–H groups in total. The van der Waals surface area contributed by atoms with E-state index in [0.717, 1.165) is 15.6 Å². The highest BCUT2D eigenvalue weighted by atomic mass is 28.2. The lowest BCUT2D eigenvalue weighted by atomic mass is 10.1. The molecular weight excluding hydrogens is 172 g/mol. The molecule has 1 aliphatic carbocycles. The van der Waals surface area contributed by atoms with E-state index in [2.05, 4.69) is 41.7 Å². The first-order chi connectivity index (χ1) is 6.45. The minimum atomic E-state index is 0.863. The smallest absolute Gasteiger partial charge is 0.0512 e. The van der Waals surface area contributed by atoms with Gasteiger partial charge in [-0.2, -0.15) is 0 Å². The molecule has 0 saturated carbocycles. The highest BCUT2D eigenvalue weighted by molar-refractivity contribution is 6.61. The SMILES string of the molecule is C1=CC2=C(C=[Si]1)c1ccccc1C2. The molecular formula is C12H9Si. The van der Waals surface area contributed by atoms with Gasteiger partial charge in [0.1, 0.15) is 0 Å². The van der Waals surface area contributed by atoms with Crippen LogP contribution in [-0.4, -0.2) is 14.8 Å². The Labute approximate surface area is 80.0 Å². The molecule has 3 rings (SSSR count). The van der Waals surface area contributed by atoms with E-state index >= 15 is 0 Å². The van der Waals surface area contributed by atoms with Crippen LogP contribution in [0.4, 0.5) is 0 Å². The minimum absolute atomic E-state index is 0.863. The normalized spacial score (nSPS) is 17.5. The Bertz CT molecular complexity index is 450. The first kappa shape index (κ1) is 7.22. The number of hydrogen-bond acceptors (Lipinski definition) is 0. The molecule has 0 unspecified atom stereocenters. The van der Waals surface area contributed by atoms with Crippen LogP contribution in [-0.2, 0) is 6.42 Å². The maximum atomic E-state index is 2.36. The van der Waals surface area contributed by atoms with Gasteiger partial charge in [0.15, 0.2) is 0 Å². The second kappa shape index (κ2) is 2.64. The summed E-state index contributed by atoms with van der Waals surface area (Å²) < 4.78 is 0. The fourth-order valence-corrected chi connectivity index (χ4v) is 2.91. The molecule has 1 aromatic rings. The zero-order chi connectivity index (χ0) is 8.67. The molecule has 1 aliphatic heterocycles. The summed E-state index contributed by atoms with van der Waals surface area (Å²) in [5, 5.41) is 0. The summed E-state index contributed by atoms with van der Waals surface area (Å²) in [6.07, 6.45) is 3.41. The highest BCUT2D eigenvalue weighted by Gasteiger charge is 2.17. The summed E-state index contributed by atoms with van der Waals surface area (Å²) in [5.41, 5.74) is 10.6. The van der Waals surface area contributed by atoms with Gasteiger partial charge in [-0.05, 0) is 28.7 Å². The van der Waals surface area contributed by atoms with Crippen molar-refractivity contribution in [1.82, 2.24) is 0 Å². The summed E-state index contributed by atoms with van der Waals surface area (Å²) in [7, 11) is 0.863. The molecule has 0 atom stereocenters. The van der Waals surface area contributed by atoms with Crippen LogP contribution in [0.15, 0.2) is 41.6 Å². The maximum Gasteiger partial charge on any atom is 0.0512 e. The van der Waals surface area contributed by atoms with E-state index in [4.69, 9.17) is 0 Å². The third kappa shape index (κ3) is 1.01. The van der Waals surface area contributed by atoms with Crippen molar-refractivity contribution in [3.63, 3.8) is 0 Å². The van der Waals surface area contributed by atoms with E-state index in [-0.39, 0.29) is 0 Å². The number of fused-ring (bicyclic) bond motifs is 2. The van der Waals surface area contributed by atoms with Gasteiger partial charge in [-0.25, -0.2) is 0 Å². The predicted molar refractivity (Wildman–Crippen MR) is 58.0 cm³/mol. The number of hydrogen-bond donors (Lipinski definition) is 0. The predicted octanol–water partition coefficient (Wildman–Crippen LogP) is 2.03. The van der Waals surface area contributed by atoms with Gasteiger partial charge >= 0.3 is 0 Å². The van der Waals surface area contributed by atoms with Crippen molar-refractivity contribution in [2.24, 2.45) is 0 Å². The van der Waals surface area contributed by atoms with Gasteiger partial charge in [-0.1, -0.05) is 41.7 Å². The van der Waals surface area contributed by atoms with E-state index in [9.17, 15) is 0 Å². The third-order valence-corrected chi connectivity index (χ3v) is 3.46. The summed E-state index contributed by atoms with van der Waals surface area (Å²) >= 11 is 0. The quantitative estimate of drug-likeness (QED) is 0.537. The van der Waals surface area contributed by atoms with Gasteiger partial charge < -0.3 is 0 Å². The fourth-order valence-electron chi connectivity index (χ4n) is 2.01. The van der Waals surface area contributed by atoms with Gasteiger partial charge in [0.05, 0.1) is 9.13 Å². The molecule has 0 nitrogen and oxygen atoms in total. The average Bonchev–Trinajstić information content (AvgIpc) is 2.56. The Morgan fingerprint density at radius 3 is 3.08 bits per heavy atom. The summed E-state index contributed by atoms with van der Waals surface area (Å²) in [6, 6.07) is 8.73. The van der Waals surface area contributed by atoms with E-state index in [1.54, 1.807) is 0 Å². The number of allylic oxidation sites excluding steroid dienone is 3. The van der Waals surface area contributed by atoms with Crippen molar-refractivity contribution in [2.45, 2.75) is 6.42 Å². The summed E-state index contributed by atoms with van der Waals surface area (Å²) in [4.78, 5) is 0. The van der Waals surface area contributed by atoms with Crippen LogP contribution in [0.5, 0.6) is 0 Å². The number of benzene rings is 1. The first-order valence-corrected chi connectivity index (χ1v) is 5.68. The van der Waals surface area contributed by atoms with Crippen LogP contribution in [0.25, 0.3) is 5.57 Å². The molecule has 1 heteroatoms. The van der Waals surface area contributed by atoms with Crippen LogP contribution in [0.2, 0.25) is 0 Å². The van der Waals surface area contributed by atoms with Gasteiger partial charge in [0.2, 0.25) is 0 Å². The standard InChI is InChI=1S/C12H9Si/c1-2-4-11-9(3-1)7-10-5-6-13-8-12(10)11/h1-6,8H,7H2. The molecule has 2 aliphatic rings. The van der Waals surface area contributed by atoms with Crippen molar-refractivity contribution in [3.8, 4) is 0 Å². The van der Waals surface area contributed by atoms with E-state index in [1.165, 1.54) is 22.3 Å². The average molecular weight is 181 g/mol. The number of rotatable bonds is 0. The molecule has 0 amide bonds. The molecule has 0 spiro atoms. The molecule has 0 aromatic heterocycles. The molecule has 0 saturated heterocycles. The molecule has 0 fully saturated rings. The highest BCUT2D eigenvalue weighted by Crippen LogP contribution is 2.32. The summed E-state index contributed by atoms with van der Waals surface area (Å²) in [5.74, 6) is 0. The van der Waals surface area contributed by atoms with Gasteiger partial charge in [-0.3, -0.25) is 0 Å². The second-order valence-corrected chi connectivity index (χ2v) is 4.37. The molecule has 1 radical (unpaired) electrons. The fraction of sp³-hybridized carbons (Fsp3) is 0.0833. The van der Waals surface area contributed by atoms with Crippen LogP contribution >= 0.6 is 0 Å². The van der Waals surface area contributed by atoms with Crippen molar-refractivity contribution in [1.29, 1.82) is 0 Å². The van der Waals surface area contributed by atoms with Crippen molar-refractivity contribution in [2.75, 3.05) is 0 Å². The topological polar surface area (TPSA) is 0 Å². The van der Waals surface area contributed by atoms with E-state index in [0.29, 0.717) is 0 Å². The van der Waals surface area contributed by atoms with Crippen LogP contribution in [0.1, 0.15) is 11.1 Å². The minimum Gasteiger partial charge on any atom is -0.0769 e. The van der Waals surface area contributed by atoms with Crippen LogP contribution < -0.4 is 0 Å². The van der Waals surface area contributed by atoms with E-state index in [1.807, 2.05) is 0 Å². The van der Waals surface area contributed by atoms with Gasteiger partial charge in [0, 0.05) is 0 Å².